The predicted molar refractivity (Wildman–Crippen MR) is 78.8 cm³/mol. The number of likely N-dealkylation sites (N-methyl/N-ethyl adjacent to an activating group) is 1. The van der Waals surface area contributed by atoms with Crippen molar-refractivity contribution in [3.63, 3.8) is 0 Å². The summed E-state index contributed by atoms with van der Waals surface area (Å²) in [4.78, 5) is 2.45. The first-order valence-electron chi connectivity index (χ1n) is 7.09. The Hall–Kier alpha value is -0.240. The zero-order chi connectivity index (χ0) is 13.5. The highest BCUT2D eigenvalue weighted by molar-refractivity contribution is 4.63. The van der Waals surface area contributed by atoms with Crippen LogP contribution in [0, 0.1) is 0 Å². The van der Waals surface area contributed by atoms with Crippen molar-refractivity contribution in [1.29, 1.82) is 0 Å². The Kier molecular flexibility index (Phi) is 14.6. The molecule has 0 unspecified atom stereocenters. The Labute approximate surface area is 112 Å². The number of nitrogens with zero attached hydrogens (tertiary/aromatic N) is 1. The first-order chi connectivity index (χ1) is 8.85. The van der Waals surface area contributed by atoms with Crippen LogP contribution >= 0.6 is 0 Å². The Morgan fingerprint density at radius 2 is 1.17 bits per heavy atom. The minimum absolute atomic E-state index is 0.704. The van der Waals surface area contributed by atoms with E-state index in [9.17, 15) is 0 Å². The maximum Gasteiger partial charge on any atom is 0.0108 e. The Morgan fingerprint density at radius 1 is 0.722 bits per heavy atom. The molecule has 18 heavy (non-hydrogen) atoms. The van der Waals surface area contributed by atoms with Crippen LogP contribution in [0.3, 0.4) is 0 Å². The van der Waals surface area contributed by atoms with Crippen LogP contribution in [0.15, 0.2) is 0 Å². The molecule has 6 heteroatoms. The third kappa shape index (κ3) is 12.2. The molecule has 110 valence electrons. The van der Waals surface area contributed by atoms with E-state index in [4.69, 9.17) is 11.5 Å². The van der Waals surface area contributed by atoms with Crippen LogP contribution in [-0.4, -0.2) is 76.9 Å². The second-order valence-electron chi connectivity index (χ2n) is 4.27. The lowest BCUT2D eigenvalue weighted by molar-refractivity contribution is 0.273. The average Bonchev–Trinajstić information content (AvgIpc) is 2.39. The SMILES string of the molecule is CCNCCN(CCNCCN)CCNCCN. The minimum Gasteiger partial charge on any atom is -0.329 e. The number of rotatable bonds is 14. The molecule has 0 fully saturated rings. The fraction of sp³-hybridized carbons (Fsp3) is 1.00. The maximum absolute atomic E-state index is 5.45. The van der Waals surface area contributed by atoms with E-state index >= 15 is 0 Å². The van der Waals surface area contributed by atoms with Crippen LogP contribution in [0.5, 0.6) is 0 Å². The van der Waals surface area contributed by atoms with Crippen molar-refractivity contribution in [2.75, 3.05) is 72.0 Å². The van der Waals surface area contributed by atoms with E-state index in [0.717, 1.165) is 58.9 Å². The highest BCUT2D eigenvalue weighted by Gasteiger charge is 2.03. The minimum atomic E-state index is 0.704. The summed E-state index contributed by atoms with van der Waals surface area (Å²) in [5.74, 6) is 0. The summed E-state index contributed by atoms with van der Waals surface area (Å²) < 4.78 is 0. The third-order valence-electron chi connectivity index (χ3n) is 2.71. The van der Waals surface area contributed by atoms with E-state index in [0.29, 0.717) is 13.1 Å². The Morgan fingerprint density at radius 3 is 1.56 bits per heavy atom. The van der Waals surface area contributed by atoms with Crippen molar-refractivity contribution in [3.05, 3.63) is 0 Å². The van der Waals surface area contributed by atoms with Gasteiger partial charge in [0.15, 0.2) is 0 Å². The molecule has 0 atom stereocenters. The van der Waals surface area contributed by atoms with Gasteiger partial charge in [-0.1, -0.05) is 6.92 Å². The van der Waals surface area contributed by atoms with Gasteiger partial charge in [-0.05, 0) is 6.54 Å². The number of hydrogen-bond donors (Lipinski definition) is 5. The molecular formula is C12H32N6. The quantitative estimate of drug-likeness (QED) is 0.232. The summed E-state index contributed by atoms with van der Waals surface area (Å²) in [6.07, 6.45) is 0. The van der Waals surface area contributed by atoms with Crippen LogP contribution in [0.4, 0.5) is 0 Å². The Balaban J connectivity index is 3.62. The molecule has 7 N–H and O–H groups in total. The van der Waals surface area contributed by atoms with Crippen molar-refractivity contribution in [2.45, 2.75) is 6.92 Å². The summed E-state index contributed by atoms with van der Waals surface area (Å²) in [6.45, 7) is 12.6. The summed E-state index contributed by atoms with van der Waals surface area (Å²) >= 11 is 0. The van der Waals surface area contributed by atoms with Crippen LogP contribution < -0.4 is 27.4 Å². The molecule has 0 aliphatic heterocycles. The van der Waals surface area contributed by atoms with Crippen molar-refractivity contribution in [2.24, 2.45) is 11.5 Å². The van der Waals surface area contributed by atoms with Gasteiger partial charge >= 0.3 is 0 Å². The van der Waals surface area contributed by atoms with Crippen molar-refractivity contribution >= 4 is 0 Å². The molecule has 0 saturated heterocycles. The van der Waals surface area contributed by atoms with Crippen molar-refractivity contribution in [3.8, 4) is 0 Å². The second kappa shape index (κ2) is 14.8. The molecule has 0 heterocycles. The second-order valence-corrected chi connectivity index (χ2v) is 4.27. The van der Waals surface area contributed by atoms with Crippen molar-refractivity contribution < 1.29 is 0 Å². The number of nitrogens with two attached hydrogens (primary N) is 2. The number of nitrogens with one attached hydrogen (secondary N) is 3. The van der Waals surface area contributed by atoms with Crippen LogP contribution in [0.2, 0.25) is 0 Å². The standard InChI is InChI=1S/C12H32N6/c1-2-15-7-10-18(11-8-16-5-3-13)12-9-17-6-4-14/h15-17H,2-14H2,1H3. The van der Waals surface area contributed by atoms with E-state index in [2.05, 4.69) is 27.8 Å². The summed E-state index contributed by atoms with van der Waals surface area (Å²) in [5, 5.41) is 10.0. The molecular weight excluding hydrogens is 228 g/mol. The molecule has 0 aliphatic rings. The molecule has 0 bridgehead atoms. The molecule has 0 rings (SSSR count). The van der Waals surface area contributed by atoms with Gasteiger partial charge in [0.25, 0.3) is 0 Å². The van der Waals surface area contributed by atoms with Gasteiger partial charge in [0.05, 0.1) is 0 Å². The largest absolute Gasteiger partial charge is 0.329 e. The van der Waals surface area contributed by atoms with Crippen LogP contribution in [-0.2, 0) is 0 Å². The fourth-order valence-corrected chi connectivity index (χ4v) is 1.68. The maximum atomic E-state index is 5.45. The molecule has 0 aromatic heterocycles. The van der Waals surface area contributed by atoms with E-state index in [-0.39, 0.29) is 0 Å². The Bertz CT molecular complexity index is 144. The third-order valence-corrected chi connectivity index (χ3v) is 2.71. The first-order valence-corrected chi connectivity index (χ1v) is 7.09. The lowest BCUT2D eigenvalue weighted by atomic mass is 10.4. The topological polar surface area (TPSA) is 91.4 Å². The monoisotopic (exact) mass is 260 g/mol. The molecule has 0 aliphatic carbocycles. The van der Waals surface area contributed by atoms with Crippen molar-refractivity contribution in [1.82, 2.24) is 20.9 Å². The van der Waals surface area contributed by atoms with E-state index in [1.54, 1.807) is 0 Å². The van der Waals surface area contributed by atoms with E-state index in [1.807, 2.05) is 0 Å². The molecule has 0 aromatic carbocycles. The normalized spacial score (nSPS) is 11.3. The van der Waals surface area contributed by atoms with Gasteiger partial charge in [0.2, 0.25) is 0 Å². The van der Waals surface area contributed by atoms with Gasteiger partial charge in [-0.2, -0.15) is 0 Å². The summed E-state index contributed by atoms with van der Waals surface area (Å²) in [6, 6.07) is 0. The van der Waals surface area contributed by atoms with Gasteiger partial charge in [0, 0.05) is 65.4 Å². The molecule has 0 saturated carbocycles. The zero-order valence-corrected chi connectivity index (χ0v) is 11.9. The number of hydrogen-bond acceptors (Lipinski definition) is 6. The van der Waals surface area contributed by atoms with E-state index in [1.165, 1.54) is 0 Å². The molecule has 0 amide bonds. The van der Waals surface area contributed by atoms with Gasteiger partial charge in [-0.3, -0.25) is 4.90 Å². The predicted octanol–water partition coefficient (Wildman–Crippen LogP) is -2.01. The average molecular weight is 260 g/mol. The fourth-order valence-electron chi connectivity index (χ4n) is 1.68. The zero-order valence-electron chi connectivity index (χ0n) is 11.9. The smallest absolute Gasteiger partial charge is 0.0108 e. The lowest BCUT2D eigenvalue weighted by Gasteiger charge is -2.22. The van der Waals surface area contributed by atoms with Gasteiger partial charge in [-0.15, -0.1) is 0 Å². The summed E-state index contributed by atoms with van der Waals surface area (Å²) in [7, 11) is 0. The van der Waals surface area contributed by atoms with Crippen LogP contribution in [0.1, 0.15) is 6.92 Å². The molecule has 6 nitrogen and oxygen atoms in total. The highest BCUT2D eigenvalue weighted by atomic mass is 15.2. The molecule has 0 spiro atoms. The highest BCUT2D eigenvalue weighted by Crippen LogP contribution is 1.85. The lowest BCUT2D eigenvalue weighted by Crippen LogP contribution is -2.41. The van der Waals surface area contributed by atoms with Gasteiger partial charge < -0.3 is 27.4 Å². The van der Waals surface area contributed by atoms with E-state index < -0.39 is 0 Å². The molecule has 0 radical (unpaired) electrons. The van der Waals surface area contributed by atoms with Crippen LogP contribution in [0.25, 0.3) is 0 Å². The molecule has 0 aromatic rings. The van der Waals surface area contributed by atoms with Gasteiger partial charge in [-0.25, -0.2) is 0 Å². The summed E-state index contributed by atoms with van der Waals surface area (Å²) in [5.41, 5.74) is 10.9. The van der Waals surface area contributed by atoms with Gasteiger partial charge in [0.1, 0.15) is 0 Å². The first kappa shape index (κ1) is 17.8.